The monoisotopic (exact) mass is 164 g/mol. The Labute approximate surface area is 73.6 Å². The van der Waals surface area contributed by atoms with Crippen LogP contribution < -0.4 is 11.5 Å². The Morgan fingerprint density at radius 3 is 2.08 bits per heavy atom. The third-order valence-electron chi connectivity index (χ3n) is 1.88. The minimum absolute atomic E-state index is 0.0950. The van der Waals surface area contributed by atoms with Crippen molar-refractivity contribution in [3.8, 4) is 0 Å². The van der Waals surface area contributed by atoms with E-state index in [9.17, 15) is 0 Å². The van der Waals surface area contributed by atoms with E-state index in [-0.39, 0.29) is 5.41 Å². The highest BCUT2D eigenvalue weighted by Crippen LogP contribution is 2.28. The van der Waals surface area contributed by atoms with Gasteiger partial charge in [0, 0.05) is 11.4 Å². The van der Waals surface area contributed by atoms with E-state index in [1.54, 1.807) is 6.07 Å². The summed E-state index contributed by atoms with van der Waals surface area (Å²) in [5.74, 6) is 0. The Morgan fingerprint density at radius 1 is 1.08 bits per heavy atom. The van der Waals surface area contributed by atoms with Crippen molar-refractivity contribution in [1.82, 2.24) is 0 Å². The van der Waals surface area contributed by atoms with Crippen LogP contribution in [-0.2, 0) is 5.41 Å². The van der Waals surface area contributed by atoms with Crippen LogP contribution in [0.3, 0.4) is 0 Å². The second-order valence-corrected chi connectivity index (χ2v) is 4.10. The third kappa shape index (κ3) is 1.70. The molecule has 2 nitrogen and oxygen atoms in total. The number of nitrogen functional groups attached to an aromatic ring is 2. The minimum Gasteiger partial charge on any atom is -0.399 e. The molecule has 0 amide bonds. The lowest BCUT2D eigenvalue weighted by atomic mass is 9.86. The van der Waals surface area contributed by atoms with Gasteiger partial charge in [-0.2, -0.15) is 0 Å². The van der Waals surface area contributed by atoms with Crippen LogP contribution in [0.2, 0.25) is 0 Å². The van der Waals surface area contributed by atoms with Gasteiger partial charge in [-0.25, -0.2) is 0 Å². The van der Waals surface area contributed by atoms with E-state index in [0.29, 0.717) is 0 Å². The van der Waals surface area contributed by atoms with Gasteiger partial charge in [-0.05, 0) is 23.1 Å². The Balaban J connectivity index is 3.19. The molecule has 1 aromatic rings. The van der Waals surface area contributed by atoms with E-state index in [2.05, 4.69) is 20.8 Å². The Hall–Kier alpha value is -1.18. The van der Waals surface area contributed by atoms with Gasteiger partial charge in [0.1, 0.15) is 0 Å². The molecule has 1 rings (SSSR count). The zero-order chi connectivity index (χ0) is 9.35. The normalized spacial score (nSPS) is 11.6. The summed E-state index contributed by atoms with van der Waals surface area (Å²) in [6.07, 6.45) is 0. The maximum absolute atomic E-state index is 5.83. The SMILES string of the molecule is CC(C)(C)c1ccc(N)cc1N. The third-order valence-corrected chi connectivity index (χ3v) is 1.88. The molecule has 0 aliphatic heterocycles. The fraction of sp³-hybridized carbons (Fsp3) is 0.400. The van der Waals surface area contributed by atoms with Gasteiger partial charge < -0.3 is 11.5 Å². The molecule has 0 aliphatic carbocycles. The number of hydrogen-bond donors (Lipinski definition) is 2. The van der Waals surface area contributed by atoms with Crippen LogP contribution in [0.25, 0.3) is 0 Å². The molecule has 0 radical (unpaired) electrons. The lowest BCUT2D eigenvalue weighted by molar-refractivity contribution is 0.593. The summed E-state index contributed by atoms with van der Waals surface area (Å²) in [7, 11) is 0. The van der Waals surface area contributed by atoms with E-state index in [0.717, 1.165) is 16.9 Å². The van der Waals surface area contributed by atoms with Gasteiger partial charge in [0.15, 0.2) is 0 Å². The lowest BCUT2D eigenvalue weighted by Crippen LogP contribution is -2.13. The van der Waals surface area contributed by atoms with Crippen LogP contribution in [0.4, 0.5) is 11.4 Å². The first-order chi connectivity index (χ1) is 5.41. The zero-order valence-corrected chi connectivity index (χ0v) is 7.89. The van der Waals surface area contributed by atoms with Gasteiger partial charge in [0.05, 0.1) is 0 Å². The maximum atomic E-state index is 5.83. The number of anilines is 2. The fourth-order valence-corrected chi connectivity index (χ4v) is 1.26. The highest BCUT2D eigenvalue weighted by Gasteiger charge is 2.16. The molecular weight excluding hydrogens is 148 g/mol. The Bertz CT molecular complexity index is 284. The quantitative estimate of drug-likeness (QED) is 0.577. The van der Waals surface area contributed by atoms with Crippen molar-refractivity contribution in [2.45, 2.75) is 26.2 Å². The van der Waals surface area contributed by atoms with Crippen molar-refractivity contribution in [3.05, 3.63) is 23.8 Å². The van der Waals surface area contributed by atoms with Crippen LogP contribution >= 0.6 is 0 Å². The summed E-state index contributed by atoms with van der Waals surface area (Å²) in [5, 5.41) is 0. The molecule has 66 valence electrons. The number of nitrogens with two attached hydrogens (primary N) is 2. The Morgan fingerprint density at radius 2 is 1.67 bits per heavy atom. The lowest BCUT2D eigenvalue weighted by Gasteiger charge is -2.21. The maximum Gasteiger partial charge on any atom is 0.0372 e. The van der Waals surface area contributed by atoms with E-state index < -0.39 is 0 Å². The molecule has 1 aromatic carbocycles. The molecule has 0 atom stereocenters. The average molecular weight is 164 g/mol. The van der Waals surface area contributed by atoms with Gasteiger partial charge in [-0.1, -0.05) is 26.8 Å². The van der Waals surface area contributed by atoms with E-state index in [1.807, 2.05) is 12.1 Å². The summed E-state index contributed by atoms with van der Waals surface area (Å²) in [6, 6.07) is 5.68. The molecule has 0 bridgehead atoms. The second-order valence-electron chi connectivity index (χ2n) is 4.10. The molecule has 0 saturated carbocycles. The average Bonchev–Trinajstić information content (AvgIpc) is 1.83. The standard InChI is InChI=1S/C10H16N2/c1-10(2,3)8-5-4-7(11)6-9(8)12/h4-6H,11-12H2,1-3H3. The van der Waals surface area contributed by atoms with Gasteiger partial charge in [-0.15, -0.1) is 0 Å². The summed E-state index contributed by atoms with van der Waals surface area (Å²) in [5.41, 5.74) is 14.2. The first-order valence-corrected chi connectivity index (χ1v) is 4.07. The van der Waals surface area contributed by atoms with Crippen molar-refractivity contribution < 1.29 is 0 Å². The van der Waals surface area contributed by atoms with Crippen molar-refractivity contribution in [3.63, 3.8) is 0 Å². The van der Waals surface area contributed by atoms with Crippen molar-refractivity contribution in [2.24, 2.45) is 0 Å². The van der Waals surface area contributed by atoms with Gasteiger partial charge in [0.2, 0.25) is 0 Å². The zero-order valence-electron chi connectivity index (χ0n) is 7.89. The summed E-state index contributed by atoms with van der Waals surface area (Å²) in [6.45, 7) is 6.40. The van der Waals surface area contributed by atoms with E-state index in [1.165, 1.54) is 0 Å². The molecule has 0 unspecified atom stereocenters. The molecule has 0 heterocycles. The van der Waals surface area contributed by atoms with E-state index in [4.69, 9.17) is 11.5 Å². The largest absolute Gasteiger partial charge is 0.399 e. The summed E-state index contributed by atoms with van der Waals surface area (Å²) >= 11 is 0. The summed E-state index contributed by atoms with van der Waals surface area (Å²) < 4.78 is 0. The highest BCUT2D eigenvalue weighted by molar-refractivity contribution is 5.58. The van der Waals surface area contributed by atoms with Crippen LogP contribution in [-0.4, -0.2) is 0 Å². The topological polar surface area (TPSA) is 52.0 Å². The van der Waals surface area contributed by atoms with Crippen LogP contribution in [0.1, 0.15) is 26.3 Å². The predicted octanol–water partition coefficient (Wildman–Crippen LogP) is 2.15. The predicted molar refractivity (Wildman–Crippen MR) is 54.0 cm³/mol. The molecule has 0 saturated heterocycles. The van der Waals surface area contributed by atoms with Crippen molar-refractivity contribution in [2.75, 3.05) is 11.5 Å². The molecular formula is C10H16N2. The molecule has 12 heavy (non-hydrogen) atoms. The molecule has 4 N–H and O–H groups in total. The van der Waals surface area contributed by atoms with Gasteiger partial charge in [-0.3, -0.25) is 0 Å². The molecule has 2 heteroatoms. The number of benzene rings is 1. The van der Waals surface area contributed by atoms with Crippen molar-refractivity contribution in [1.29, 1.82) is 0 Å². The minimum atomic E-state index is 0.0950. The number of rotatable bonds is 0. The highest BCUT2D eigenvalue weighted by atomic mass is 14.6. The smallest absolute Gasteiger partial charge is 0.0372 e. The second kappa shape index (κ2) is 2.70. The van der Waals surface area contributed by atoms with Gasteiger partial charge in [0.25, 0.3) is 0 Å². The first-order valence-electron chi connectivity index (χ1n) is 4.07. The number of hydrogen-bond acceptors (Lipinski definition) is 2. The first kappa shape index (κ1) is 8.91. The molecule has 0 spiro atoms. The van der Waals surface area contributed by atoms with Crippen LogP contribution in [0.15, 0.2) is 18.2 Å². The van der Waals surface area contributed by atoms with Gasteiger partial charge >= 0.3 is 0 Å². The summed E-state index contributed by atoms with van der Waals surface area (Å²) in [4.78, 5) is 0. The van der Waals surface area contributed by atoms with E-state index >= 15 is 0 Å². The fourth-order valence-electron chi connectivity index (χ4n) is 1.26. The molecule has 0 aliphatic rings. The van der Waals surface area contributed by atoms with Crippen LogP contribution in [0.5, 0.6) is 0 Å². The van der Waals surface area contributed by atoms with Crippen LogP contribution in [0, 0.1) is 0 Å². The van der Waals surface area contributed by atoms with Crippen molar-refractivity contribution >= 4 is 11.4 Å². The molecule has 0 aromatic heterocycles. The Kier molecular flexibility index (Phi) is 2.01. The molecule has 0 fully saturated rings.